The first-order valence-electron chi connectivity index (χ1n) is 5.69. The average molecular weight is 245 g/mol. The summed E-state index contributed by atoms with van der Waals surface area (Å²) in [5, 5.41) is 0. The SMILES string of the molecule is Cc1ccc(C(NN)c2cc(F)ccc2N)cc1. The van der Waals surface area contributed by atoms with Gasteiger partial charge in [0.25, 0.3) is 0 Å². The molecule has 0 saturated heterocycles. The van der Waals surface area contributed by atoms with E-state index in [0.717, 1.165) is 11.1 Å². The van der Waals surface area contributed by atoms with E-state index in [2.05, 4.69) is 5.43 Å². The summed E-state index contributed by atoms with van der Waals surface area (Å²) in [6.45, 7) is 2.01. The number of anilines is 1. The third kappa shape index (κ3) is 2.50. The lowest BCUT2D eigenvalue weighted by atomic mass is 9.97. The zero-order valence-electron chi connectivity index (χ0n) is 10.2. The van der Waals surface area contributed by atoms with Gasteiger partial charge in [0.1, 0.15) is 5.82 Å². The van der Waals surface area contributed by atoms with E-state index in [4.69, 9.17) is 11.6 Å². The molecule has 2 rings (SSSR count). The summed E-state index contributed by atoms with van der Waals surface area (Å²) in [4.78, 5) is 0. The lowest BCUT2D eigenvalue weighted by molar-refractivity contribution is 0.606. The van der Waals surface area contributed by atoms with Crippen molar-refractivity contribution in [3.05, 3.63) is 65.0 Å². The Morgan fingerprint density at radius 3 is 2.39 bits per heavy atom. The Kier molecular flexibility index (Phi) is 3.60. The summed E-state index contributed by atoms with van der Waals surface area (Å²) in [6.07, 6.45) is 0. The highest BCUT2D eigenvalue weighted by atomic mass is 19.1. The Hall–Kier alpha value is -1.91. The number of nitrogens with two attached hydrogens (primary N) is 2. The molecule has 0 aliphatic heterocycles. The number of halogens is 1. The number of benzene rings is 2. The molecule has 2 aromatic rings. The second kappa shape index (κ2) is 5.16. The first kappa shape index (κ1) is 12.5. The molecule has 1 atom stereocenters. The van der Waals surface area contributed by atoms with E-state index >= 15 is 0 Å². The largest absolute Gasteiger partial charge is 0.398 e. The predicted molar refractivity (Wildman–Crippen MR) is 71.2 cm³/mol. The van der Waals surface area contributed by atoms with Crippen molar-refractivity contribution >= 4 is 5.69 Å². The van der Waals surface area contributed by atoms with Gasteiger partial charge in [0.05, 0.1) is 6.04 Å². The Bertz CT molecular complexity index is 537. The van der Waals surface area contributed by atoms with Crippen LogP contribution in [0.2, 0.25) is 0 Å². The van der Waals surface area contributed by atoms with Crippen LogP contribution in [0, 0.1) is 12.7 Å². The zero-order chi connectivity index (χ0) is 13.1. The summed E-state index contributed by atoms with van der Waals surface area (Å²) in [6, 6.07) is 11.8. The van der Waals surface area contributed by atoms with Crippen LogP contribution in [0.5, 0.6) is 0 Å². The summed E-state index contributed by atoms with van der Waals surface area (Å²) < 4.78 is 13.3. The van der Waals surface area contributed by atoms with Gasteiger partial charge in [0, 0.05) is 11.3 Å². The fourth-order valence-corrected chi connectivity index (χ4v) is 1.92. The van der Waals surface area contributed by atoms with Crippen molar-refractivity contribution in [3.63, 3.8) is 0 Å². The van der Waals surface area contributed by atoms with Crippen molar-refractivity contribution in [2.45, 2.75) is 13.0 Å². The van der Waals surface area contributed by atoms with Crippen LogP contribution >= 0.6 is 0 Å². The van der Waals surface area contributed by atoms with Gasteiger partial charge < -0.3 is 5.73 Å². The molecule has 0 heterocycles. The third-order valence-corrected chi connectivity index (χ3v) is 2.94. The van der Waals surface area contributed by atoms with E-state index in [1.165, 1.54) is 12.1 Å². The molecule has 0 fully saturated rings. The Balaban J connectivity index is 2.44. The molecule has 18 heavy (non-hydrogen) atoms. The van der Waals surface area contributed by atoms with Crippen LogP contribution in [-0.2, 0) is 0 Å². The van der Waals surface area contributed by atoms with Crippen molar-refractivity contribution in [1.82, 2.24) is 5.43 Å². The average Bonchev–Trinajstić information content (AvgIpc) is 2.37. The van der Waals surface area contributed by atoms with E-state index in [1.54, 1.807) is 6.07 Å². The quantitative estimate of drug-likeness (QED) is 0.441. The first-order valence-corrected chi connectivity index (χ1v) is 5.69. The molecule has 5 N–H and O–H groups in total. The van der Waals surface area contributed by atoms with E-state index < -0.39 is 0 Å². The van der Waals surface area contributed by atoms with Gasteiger partial charge in [-0.25, -0.2) is 9.82 Å². The van der Waals surface area contributed by atoms with E-state index in [-0.39, 0.29) is 11.9 Å². The molecule has 0 aliphatic carbocycles. The number of nitrogens with one attached hydrogen (secondary N) is 1. The number of nitrogen functional groups attached to an aromatic ring is 1. The minimum Gasteiger partial charge on any atom is -0.398 e. The van der Waals surface area contributed by atoms with Gasteiger partial charge in [-0.1, -0.05) is 29.8 Å². The third-order valence-electron chi connectivity index (χ3n) is 2.94. The van der Waals surface area contributed by atoms with Crippen LogP contribution in [0.15, 0.2) is 42.5 Å². The van der Waals surface area contributed by atoms with Crippen molar-refractivity contribution in [2.75, 3.05) is 5.73 Å². The van der Waals surface area contributed by atoms with Crippen LogP contribution in [0.4, 0.5) is 10.1 Å². The predicted octanol–water partition coefficient (Wildman–Crippen LogP) is 2.27. The highest BCUT2D eigenvalue weighted by Crippen LogP contribution is 2.27. The van der Waals surface area contributed by atoms with Gasteiger partial charge >= 0.3 is 0 Å². The van der Waals surface area contributed by atoms with E-state index in [9.17, 15) is 4.39 Å². The summed E-state index contributed by atoms with van der Waals surface area (Å²) in [5.74, 6) is 5.24. The topological polar surface area (TPSA) is 64.1 Å². The van der Waals surface area contributed by atoms with Crippen molar-refractivity contribution in [2.24, 2.45) is 5.84 Å². The molecule has 0 saturated carbocycles. The van der Waals surface area contributed by atoms with E-state index in [1.807, 2.05) is 31.2 Å². The molecular formula is C14H16FN3. The lowest BCUT2D eigenvalue weighted by Crippen LogP contribution is -2.29. The fraction of sp³-hybridized carbons (Fsp3) is 0.143. The van der Waals surface area contributed by atoms with Gasteiger partial charge in [-0.2, -0.15) is 0 Å². The lowest BCUT2D eigenvalue weighted by Gasteiger charge is -2.19. The molecular weight excluding hydrogens is 229 g/mol. The number of aryl methyl sites for hydroxylation is 1. The van der Waals surface area contributed by atoms with Crippen LogP contribution in [0.25, 0.3) is 0 Å². The first-order chi connectivity index (χ1) is 8.61. The van der Waals surface area contributed by atoms with Crippen LogP contribution in [0.1, 0.15) is 22.7 Å². The number of hydrogen-bond acceptors (Lipinski definition) is 3. The molecule has 0 spiro atoms. The maximum Gasteiger partial charge on any atom is 0.123 e. The second-order valence-electron chi connectivity index (χ2n) is 4.28. The Labute approximate surface area is 106 Å². The van der Waals surface area contributed by atoms with Gasteiger partial charge in [0.2, 0.25) is 0 Å². The fourth-order valence-electron chi connectivity index (χ4n) is 1.92. The molecule has 94 valence electrons. The Morgan fingerprint density at radius 2 is 1.78 bits per heavy atom. The molecule has 0 amide bonds. The molecule has 1 unspecified atom stereocenters. The smallest absolute Gasteiger partial charge is 0.123 e. The van der Waals surface area contributed by atoms with Gasteiger partial charge in [-0.3, -0.25) is 5.84 Å². The maximum absolute atomic E-state index is 13.3. The highest BCUT2D eigenvalue weighted by molar-refractivity contribution is 5.51. The van der Waals surface area contributed by atoms with Crippen LogP contribution in [0.3, 0.4) is 0 Å². The van der Waals surface area contributed by atoms with Crippen molar-refractivity contribution < 1.29 is 4.39 Å². The summed E-state index contributed by atoms with van der Waals surface area (Å²) >= 11 is 0. The zero-order valence-corrected chi connectivity index (χ0v) is 10.2. The standard InChI is InChI=1S/C14H16FN3/c1-9-2-4-10(5-3-9)14(18-17)12-8-11(15)6-7-13(12)16/h2-8,14,18H,16-17H2,1H3. The minimum atomic E-state index is -0.327. The molecule has 0 aliphatic rings. The van der Waals surface area contributed by atoms with Crippen LogP contribution < -0.4 is 17.0 Å². The summed E-state index contributed by atoms with van der Waals surface area (Å²) in [5.41, 5.74) is 11.8. The van der Waals surface area contributed by atoms with Gasteiger partial charge in [-0.05, 0) is 30.7 Å². The van der Waals surface area contributed by atoms with Crippen LogP contribution in [-0.4, -0.2) is 0 Å². The second-order valence-corrected chi connectivity index (χ2v) is 4.28. The molecule has 0 bridgehead atoms. The maximum atomic E-state index is 13.3. The van der Waals surface area contributed by atoms with E-state index in [0.29, 0.717) is 11.3 Å². The number of rotatable bonds is 3. The molecule has 0 aromatic heterocycles. The highest BCUT2D eigenvalue weighted by Gasteiger charge is 2.15. The molecule has 3 nitrogen and oxygen atoms in total. The van der Waals surface area contributed by atoms with Crippen molar-refractivity contribution in [3.8, 4) is 0 Å². The molecule has 2 aromatic carbocycles. The molecule has 4 heteroatoms. The normalized spacial score (nSPS) is 12.4. The number of hydrazine groups is 1. The monoisotopic (exact) mass is 245 g/mol. The van der Waals surface area contributed by atoms with Crippen molar-refractivity contribution in [1.29, 1.82) is 0 Å². The van der Waals surface area contributed by atoms with Gasteiger partial charge in [0.15, 0.2) is 0 Å². The summed E-state index contributed by atoms with van der Waals surface area (Å²) in [7, 11) is 0. The Morgan fingerprint density at radius 1 is 1.11 bits per heavy atom. The van der Waals surface area contributed by atoms with Gasteiger partial charge in [-0.15, -0.1) is 0 Å². The minimum absolute atomic E-state index is 0.318. The number of hydrogen-bond donors (Lipinski definition) is 3. The molecule has 0 radical (unpaired) electrons.